The van der Waals surface area contributed by atoms with E-state index >= 15 is 0 Å². The van der Waals surface area contributed by atoms with Crippen molar-refractivity contribution >= 4 is 11.3 Å². The molecular weight excluding hydrogens is 168 g/mol. The van der Waals surface area contributed by atoms with Gasteiger partial charge in [-0.15, -0.1) is 11.3 Å². The predicted octanol–water partition coefficient (Wildman–Crippen LogP) is 3.36. The van der Waals surface area contributed by atoms with Crippen molar-refractivity contribution in [2.75, 3.05) is 7.11 Å². The Morgan fingerprint density at radius 3 is 2.25 bits per heavy atom. The van der Waals surface area contributed by atoms with Gasteiger partial charge in [0.2, 0.25) is 0 Å². The molecule has 0 bridgehead atoms. The van der Waals surface area contributed by atoms with Crippen LogP contribution >= 0.6 is 11.3 Å². The second-order valence-corrected chi connectivity index (χ2v) is 5.23. The lowest BCUT2D eigenvalue weighted by molar-refractivity contribution is 0.410. The Kier molecular flexibility index (Phi) is 2.47. The van der Waals surface area contributed by atoms with E-state index in [4.69, 9.17) is 4.74 Å². The lowest BCUT2D eigenvalue weighted by atomic mass is 9.89. The van der Waals surface area contributed by atoms with E-state index < -0.39 is 0 Å². The molecule has 12 heavy (non-hydrogen) atoms. The van der Waals surface area contributed by atoms with E-state index in [-0.39, 0.29) is 5.41 Å². The van der Waals surface area contributed by atoms with Crippen LogP contribution in [-0.4, -0.2) is 7.11 Å². The molecule has 1 aromatic rings. The van der Waals surface area contributed by atoms with Gasteiger partial charge in [0.25, 0.3) is 0 Å². The van der Waals surface area contributed by atoms with Crippen LogP contribution in [-0.2, 0) is 5.41 Å². The van der Waals surface area contributed by atoms with E-state index in [1.807, 2.05) is 0 Å². The van der Waals surface area contributed by atoms with Gasteiger partial charge in [0, 0.05) is 10.4 Å². The maximum absolute atomic E-state index is 5.31. The molecule has 0 radical (unpaired) electrons. The topological polar surface area (TPSA) is 9.23 Å². The first-order valence-electron chi connectivity index (χ1n) is 4.10. The fraction of sp³-hybridized carbons (Fsp3) is 0.600. The molecule has 1 nitrogen and oxygen atoms in total. The normalized spacial score (nSPS) is 11.8. The molecule has 1 rings (SSSR count). The summed E-state index contributed by atoms with van der Waals surface area (Å²) in [5.41, 5.74) is 1.50. The summed E-state index contributed by atoms with van der Waals surface area (Å²) in [4.78, 5) is 1.32. The van der Waals surface area contributed by atoms with Gasteiger partial charge in [-0.3, -0.25) is 0 Å². The van der Waals surface area contributed by atoms with Gasteiger partial charge in [0.1, 0.15) is 0 Å². The Morgan fingerprint density at radius 1 is 1.33 bits per heavy atom. The van der Waals surface area contributed by atoms with Crippen LogP contribution in [0.3, 0.4) is 0 Å². The summed E-state index contributed by atoms with van der Waals surface area (Å²) in [6.45, 7) is 8.73. The van der Waals surface area contributed by atoms with Crippen LogP contribution in [0.1, 0.15) is 31.2 Å². The van der Waals surface area contributed by atoms with E-state index in [0.29, 0.717) is 0 Å². The minimum atomic E-state index is 0.191. The number of hydrogen-bond acceptors (Lipinski definition) is 2. The molecule has 0 fully saturated rings. The molecule has 0 spiro atoms. The molecule has 0 saturated carbocycles. The zero-order valence-electron chi connectivity index (χ0n) is 8.39. The molecule has 68 valence electrons. The number of thiophene rings is 1. The average Bonchev–Trinajstić information content (AvgIpc) is 2.29. The van der Waals surface area contributed by atoms with Crippen LogP contribution in [0.4, 0.5) is 0 Å². The number of rotatable bonds is 1. The van der Waals surface area contributed by atoms with Crippen molar-refractivity contribution < 1.29 is 4.74 Å². The minimum absolute atomic E-state index is 0.191. The van der Waals surface area contributed by atoms with Gasteiger partial charge in [-0.1, -0.05) is 20.8 Å². The van der Waals surface area contributed by atoms with E-state index in [2.05, 4.69) is 33.8 Å². The van der Waals surface area contributed by atoms with Gasteiger partial charge < -0.3 is 4.74 Å². The fourth-order valence-corrected chi connectivity index (χ4v) is 2.19. The molecule has 0 unspecified atom stereocenters. The standard InChI is InChI=1S/C10H16OS/c1-7-6-8(10(2,3)4)9(11-5)12-7/h6H,1-5H3. The van der Waals surface area contributed by atoms with Crippen molar-refractivity contribution in [2.45, 2.75) is 33.1 Å². The summed E-state index contributed by atoms with van der Waals surface area (Å²) >= 11 is 1.72. The Hall–Kier alpha value is -0.500. The maximum Gasteiger partial charge on any atom is 0.177 e. The van der Waals surface area contributed by atoms with Gasteiger partial charge in [-0.05, 0) is 18.4 Å². The molecule has 0 aliphatic heterocycles. The highest BCUT2D eigenvalue weighted by atomic mass is 32.1. The number of methoxy groups -OCH3 is 1. The van der Waals surface area contributed by atoms with Crippen LogP contribution in [0.2, 0.25) is 0 Å². The second-order valence-electron chi connectivity index (χ2n) is 4.01. The van der Waals surface area contributed by atoms with Crippen LogP contribution in [0.15, 0.2) is 6.07 Å². The van der Waals surface area contributed by atoms with Crippen LogP contribution in [0.5, 0.6) is 5.06 Å². The summed E-state index contributed by atoms with van der Waals surface area (Å²) in [6, 6.07) is 2.21. The summed E-state index contributed by atoms with van der Waals surface area (Å²) in [5.74, 6) is 0. The lowest BCUT2D eigenvalue weighted by Gasteiger charge is -2.18. The lowest BCUT2D eigenvalue weighted by Crippen LogP contribution is -2.10. The molecule has 0 aromatic carbocycles. The maximum atomic E-state index is 5.31. The van der Waals surface area contributed by atoms with Gasteiger partial charge in [-0.2, -0.15) is 0 Å². The minimum Gasteiger partial charge on any atom is -0.487 e. The Labute approximate surface area is 78.4 Å². The fourth-order valence-electron chi connectivity index (χ4n) is 1.17. The molecule has 0 saturated heterocycles. The monoisotopic (exact) mass is 184 g/mol. The van der Waals surface area contributed by atoms with Gasteiger partial charge in [-0.25, -0.2) is 0 Å². The third-order valence-corrected chi connectivity index (χ3v) is 2.83. The largest absolute Gasteiger partial charge is 0.487 e. The quantitative estimate of drug-likeness (QED) is 0.650. The summed E-state index contributed by atoms with van der Waals surface area (Å²) in [6.07, 6.45) is 0. The number of hydrogen-bond donors (Lipinski definition) is 0. The zero-order valence-corrected chi connectivity index (χ0v) is 9.21. The average molecular weight is 184 g/mol. The molecule has 2 heteroatoms. The number of ether oxygens (including phenoxy) is 1. The molecule has 0 aliphatic rings. The summed E-state index contributed by atoms with van der Waals surface area (Å²) < 4.78 is 5.31. The molecule has 1 aromatic heterocycles. The molecular formula is C10H16OS. The molecule has 0 atom stereocenters. The third kappa shape index (κ3) is 1.81. The van der Waals surface area contributed by atoms with E-state index in [1.54, 1.807) is 18.4 Å². The number of aryl methyl sites for hydroxylation is 1. The zero-order chi connectivity index (χ0) is 9.35. The molecule has 1 heterocycles. The third-order valence-electron chi connectivity index (χ3n) is 1.81. The van der Waals surface area contributed by atoms with Crippen molar-refractivity contribution in [3.63, 3.8) is 0 Å². The van der Waals surface area contributed by atoms with E-state index in [9.17, 15) is 0 Å². The smallest absolute Gasteiger partial charge is 0.177 e. The van der Waals surface area contributed by atoms with Crippen LogP contribution in [0, 0.1) is 6.92 Å². The second kappa shape index (κ2) is 3.09. The summed E-state index contributed by atoms with van der Waals surface area (Å²) in [5, 5.41) is 1.06. The first kappa shape index (κ1) is 9.59. The van der Waals surface area contributed by atoms with Crippen molar-refractivity contribution in [3.8, 4) is 5.06 Å². The Bertz CT molecular complexity index is 268. The Balaban J connectivity index is 3.13. The first-order chi connectivity index (χ1) is 5.45. The highest BCUT2D eigenvalue weighted by Gasteiger charge is 2.20. The van der Waals surface area contributed by atoms with Gasteiger partial charge in [0.15, 0.2) is 5.06 Å². The highest BCUT2D eigenvalue weighted by Crippen LogP contribution is 2.37. The summed E-state index contributed by atoms with van der Waals surface area (Å²) in [7, 11) is 1.74. The van der Waals surface area contributed by atoms with E-state index in [0.717, 1.165) is 5.06 Å². The first-order valence-corrected chi connectivity index (χ1v) is 4.91. The van der Waals surface area contributed by atoms with Gasteiger partial charge in [0.05, 0.1) is 7.11 Å². The predicted molar refractivity (Wildman–Crippen MR) is 54.3 cm³/mol. The molecule has 0 aliphatic carbocycles. The highest BCUT2D eigenvalue weighted by molar-refractivity contribution is 7.14. The van der Waals surface area contributed by atoms with E-state index in [1.165, 1.54) is 10.4 Å². The SMILES string of the molecule is COc1sc(C)cc1C(C)(C)C. The van der Waals surface area contributed by atoms with Crippen LogP contribution in [0.25, 0.3) is 0 Å². The van der Waals surface area contributed by atoms with Crippen molar-refractivity contribution in [3.05, 3.63) is 16.5 Å². The molecule has 0 amide bonds. The van der Waals surface area contributed by atoms with Gasteiger partial charge >= 0.3 is 0 Å². The van der Waals surface area contributed by atoms with Crippen LogP contribution < -0.4 is 4.74 Å². The molecule has 0 N–H and O–H groups in total. The van der Waals surface area contributed by atoms with Crippen molar-refractivity contribution in [1.82, 2.24) is 0 Å². The van der Waals surface area contributed by atoms with Crippen molar-refractivity contribution in [1.29, 1.82) is 0 Å². The van der Waals surface area contributed by atoms with Crippen molar-refractivity contribution in [2.24, 2.45) is 0 Å². The Morgan fingerprint density at radius 2 is 1.92 bits per heavy atom.